The number of rotatable bonds is 19. The van der Waals surface area contributed by atoms with Gasteiger partial charge < -0.3 is 0 Å². The molecule has 0 unspecified atom stereocenters. The Kier molecular flexibility index (Phi) is 13.4. The molecule has 3 heteroatoms. The van der Waals surface area contributed by atoms with Crippen molar-refractivity contribution in [3.05, 3.63) is 84.9 Å². The van der Waals surface area contributed by atoms with Crippen molar-refractivity contribution in [1.29, 1.82) is 0 Å². The Bertz CT molecular complexity index is 979. The molecule has 3 aromatic rings. The molecule has 0 aliphatic rings. The molecule has 1 nitrogen and oxygen atoms in total. The molecule has 0 spiro atoms. The average molecular weight is 598 g/mol. The monoisotopic (exact) mass is 596 g/mol. The van der Waals surface area contributed by atoms with Gasteiger partial charge in [0.1, 0.15) is 0 Å². The average Bonchev–Trinajstić information content (AvgIpc) is 2.98. The first kappa shape index (κ1) is 30.9. The number of ether oxygens (including phenoxy) is 1. The Labute approximate surface area is 241 Å². The van der Waals surface area contributed by atoms with Crippen molar-refractivity contribution in [2.45, 2.75) is 96.8 Å². The van der Waals surface area contributed by atoms with Crippen molar-refractivity contribution in [3.63, 3.8) is 0 Å². The van der Waals surface area contributed by atoms with E-state index in [0.29, 0.717) is 0 Å². The van der Waals surface area contributed by atoms with E-state index in [0.717, 1.165) is 11.9 Å². The van der Waals surface area contributed by atoms with Crippen molar-refractivity contribution in [2.75, 3.05) is 13.3 Å². The Morgan fingerprint density at radius 1 is 0.500 bits per heavy atom. The Hall–Kier alpha value is -1.63. The first-order valence-electron chi connectivity index (χ1n) is 15.1. The maximum atomic E-state index is 5.51. The van der Waals surface area contributed by atoms with Crippen LogP contribution < -0.4 is 20.7 Å². The zero-order valence-corrected chi connectivity index (χ0v) is 26.4. The molecule has 0 aliphatic carbocycles. The van der Waals surface area contributed by atoms with Crippen LogP contribution in [0.5, 0.6) is 5.75 Å². The molecule has 0 radical (unpaired) electrons. The Morgan fingerprint density at radius 2 is 0.868 bits per heavy atom. The van der Waals surface area contributed by atoms with Gasteiger partial charge in [0.05, 0.1) is 0 Å². The normalized spacial score (nSPS) is 12.7. The van der Waals surface area contributed by atoms with Gasteiger partial charge in [0.25, 0.3) is 0 Å². The van der Waals surface area contributed by atoms with Crippen LogP contribution in [-0.4, -0.2) is 13.3 Å². The summed E-state index contributed by atoms with van der Waals surface area (Å²) in [7, 11) is 1.74. The van der Waals surface area contributed by atoms with Gasteiger partial charge in [0.2, 0.25) is 0 Å². The van der Waals surface area contributed by atoms with Crippen LogP contribution in [0.1, 0.15) is 96.8 Å². The van der Waals surface area contributed by atoms with Crippen molar-refractivity contribution >= 4 is 36.7 Å². The van der Waals surface area contributed by atoms with E-state index in [9.17, 15) is 0 Å². The van der Waals surface area contributed by atoms with Crippen LogP contribution in [0.2, 0.25) is 0 Å². The van der Waals surface area contributed by atoms with Crippen LogP contribution in [0.15, 0.2) is 84.9 Å². The number of halogens is 1. The quantitative estimate of drug-likeness (QED) is 0.0987. The number of hydrogen-bond acceptors (Lipinski definition) is 1. The van der Waals surface area contributed by atoms with Crippen LogP contribution in [0, 0.1) is 0 Å². The zero-order valence-electron chi connectivity index (χ0n) is 23.9. The van der Waals surface area contributed by atoms with Crippen LogP contribution in [0.25, 0.3) is 0 Å². The van der Waals surface area contributed by atoms with E-state index in [1.54, 1.807) is 7.11 Å². The molecule has 0 N–H and O–H groups in total. The summed E-state index contributed by atoms with van der Waals surface area (Å²) in [5, 5.41) is 1.37. The third-order valence-corrected chi connectivity index (χ3v) is 18.2. The number of unbranched alkanes of at least 4 members (excludes halogenated alkanes) is 13. The van der Waals surface area contributed by atoms with Gasteiger partial charge in [-0.15, -0.1) is 0 Å². The van der Waals surface area contributed by atoms with Crippen LogP contribution >= 0.6 is 20.8 Å². The van der Waals surface area contributed by atoms with Crippen molar-refractivity contribution < 1.29 is 4.74 Å². The van der Waals surface area contributed by atoms with Gasteiger partial charge in [-0.25, -0.2) is 0 Å². The predicted molar refractivity (Wildman–Crippen MR) is 176 cm³/mol. The molecule has 0 fully saturated rings. The maximum absolute atomic E-state index is 5.51. The van der Waals surface area contributed by atoms with E-state index in [1.807, 2.05) is 0 Å². The van der Waals surface area contributed by atoms with E-state index < -0.39 is 5.31 Å². The SMILES string of the molecule is CCCCCCCCCCCCCCCCP(Br)(c1ccccc1)(c1ccccc1)c1ccc(OC)cc1. The minimum absolute atomic E-state index is 0.906. The summed E-state index contributed by atoms with van der Waals surface area (Å²) >= 11 is 4.59. The third-order valence-electron chi connectivity index (χ3n) is 8.13. The van der Waals surface area contributed by atoms with Crippen molar-refractivity contribution in [3.8, 4) is 5.75 Å². The van der Waals surface area contributed by atoms with Crippen molar-refractivity contribution in [1.82, 2.24) is 0 Å². The van der Waals surface area contributed by atoms with Gasteiger partial charge in [-0.3, -0.25) is 0 Å². The molecule has 208 valence electrons. The molecule has 3 rings (SSSR count). The van der Waals surface area contributed by atoms with Gasteiger partial charge in [-0.2, -0.15) is 0 Å². The molecule has 38 heavy (non-hydrogen) atoms. The number of benzene rings is 3. The molecule has 0 saturated heterocycles. The molecule has 0 heterocycles. The summed E-state index contributed by atoms with van der Waals surface area (Å²) in [6.07, 6.45) is 20.5. The molecular weight excluding hydrogens is 547 g/mol. The summed E-state index contributed by atoms with van der Waals surface area (Å²) in [6, 6.07) is 31.1. The van der Waals surface area contributed by atoms with Crippen molar-refractivity contribution in [2.24, 2.45) is 0 Å². The molecule has 0 atom stereocenters. The first-order chi connectivity index (χ1) is 18.6. The van der Waals surface area contributed by atoms with Crippen LogP contribution in [-0.2, 0) is 0 Å². The van der Waals surface area contributed by atoms with E-state index >= 15 is 0 Å². The van der Waals surface area contributed by atoms with Gasteiger partial charge in [-0.1, -0.05) is 26.2 Å². The second kappa shape index (κ2) is 16.5. The fraction of sp³-hybridized carbons (Fsp3) is 0.486. The molecule has 0 aromatic heterocycles. The summed E-state index contributed by atoms with van der Waals surface area (Å²) < 4.78 is 5.51. The number of methoxy groups -OCH3 is 1. The molecular formula is C35H50BrOP. The summed E-state index contributed by atoms with van der Waals surface area (Å²) in [5.74, 6) is 0.906. The zero-order chi connectivity index (χ0) is 27.0. The van der Waals surface area contributed by atoms with E-state index in [2.05, 4.69) is 107 Å². The van der Waals surface area contributed by atoms with Gasteiger partial charge >= 0.3 is 216 Å². The predicted octanol–water partition coefficient (Wildman–Crippen LogP) is 10.3. The van der Waals surface area contributed by atoms with E-state index in [1.165, 1.54) is 106 Å². The van der Waals surface area contributed by atoms with Crippen LogP contribution in [0.3, 0.4) is 0 Å². The van der Waals surface area contributed by atoms with E-state index in [-0.39, 0.29) is 0 Å². The summed E-state index contributed by atoms with van der Waals surface area (Å²) in [5.41, 5.74) is 0. The molecule has 0 bridgehead atoms. The molecule has 3 aromatic carbocycles. The van der Waals surface area contributed by atoms with Gasteiger partial charge in [0.15, 0.2) is 0 Å². The summed E-state index contributed by atoms with van der Waals surface area (Å²) in [6.45, 7) is 2.30. The van der Waals surface area contributed by atoms with Gasteiger partial charge in [-0.05, 0) is 0 Å². The Morgan fingerprint density at radius 3 is 1.26 bits per heavy atom. The van der Waals surface area contributed by atoms with Crippen LogP contribution in [0.4, 0.5) is 0 Å². The molecule has 0 aliphatic heterocycles. The Balaban J connectivity index is 1.61. The molecule has 0 saturated carbocycles. The van der Waals surface area contributed by atoms with Gasteiger partial charge in [0, 0.05) is 0 Å². The minimum atomic E-state index is -2.82. The standard InChI is InChI=1S/C35H50BrOP/c1-3-4-5-6-7-8-9-10-11-12-13-14-15-22-31-38(36,33-23-18-16-19-24-33,34-25-20-17-21-26-34)35-29-27-32(37-2)28-30-35/h16-21,23-30H,3-15,22,31H2,1-2H3. The second-order valence-corrected chi connectivity index (χ2v) is 19.9. The fourth-order valence-corrected chi connectivity index (χ4v) is 13.5. The second-order valence-electron chi connectivity index (χ2n) is 10.9. The van der Waals surface area contributed by atoms with E-state index in [4.69, 9.17) is 4.74 Å². The summed E-state index contributed by atoms with van der Waals surface area (Å²) in [4.78, 5) is 0. The topological polar surface area (TPSA) is 9.23 Å². The number of hydrogen-bond donors (Lipinski definition) is 0. The third kappa shape index (κ3) is 8.19. The fourth-order valence-electron chi connectivity index (χ4n) is 5.81. The molecule has 0 amide bonds. The first-order valence-corrected chi connectivity index (χ1v) is 19.6.